The van der Waals surface area contributed by atoms with Crippen molar-refractivity contribution in [3.05, 3.63) is 71.1 Å². The number of hydrogen-bond donors (Lipinski definition) is 0. The Bertz CT molecular complexity index is 901. The molecule has 1 heteroatoms. The Kier molecular flexibility index (Phi) is 7.47. The maximum atomic E-state index is 5.85. The van der Waals surface area contributed by atoms with Gasteiger partial charge in [0.05, 0.1) is 5.60 Å². The number of hydrogen-bond acceptors (Lipinski definition) is 1. The van der Waals surface area contributed by atoms with Crippen LogP contribution in [0.5, 0.6) is 0 Å². The number of rotatable bonds is 8. The highest BCUT2D eigenvalue weighted by Crippen LogP contribution is 2.43. The SMILES string of the molecule is CC1=C(CCCCCCOC(C)(C)C)c2c(cccc2-c2ccc(C(C)(C)C)cc2)[CH]1. The first-order chi connectivity index (χ1) is 14.6. The van der Waals surface area contributed by atoms with E-state index in [1.54, 1.807) is 0 Å². The quantitative estimate of drug-likeness (QED) is 0.390. The molecule has 0 atom stereocenters. The summed E-state index contributed by atoms with van der Waals surface area (Å²) in [5, 5.41) is 0. The molecule has 167 valence electrons. The molecule has 0 fully saturated rings. The van der Waals surface area contributed by atoms with Crippen molar-refractivity contribution >= 4 is 5.57 Å². The first-order valence-electron chi connectivity index (χ1n) is 12.0. The van der Waals surface area contributed by atoms with Gasteiger partial charge >= 0.3 is 0 Å². The van der Waals surface area contributed by atoms with Crippen LogP contribution in [0.4, 0.5) is 0 Å². The lowest BCUT2D eigenvalue weighted by Crippen LogP contribution is -2.19. The lowest BCUT2D eigenvalue weighted by Gasteiger charge is -2.20. The van der Waals surface area contributed by atoms with Crippen molar-refractivity contribution in [1.29, 1.82) is 0 Å². The van der Waals surface area contributed by atoms with Crippen molar-refractivity contribution in [1.82, 2.24) is 0 Å². The van der Waals surface area contributed by atoms with Gasteiger partial charge in [0, 0.05) is 13.0 Å². The second kappa shape index (κ2) is 9.74. The van der Waals surface area contributed by atoms with Crippen LogP contribution in [0.25, 0.3) is 16.7 Å². The van der Waals surface area contributed by atoms with Gasteiger partial charge in [0.15, 0.2) is 0 Å². The van der Waals surface area contributed by atoms with E-state index in [0.717, 1.165) is 19.4 Å². The van der Waals surface area contributed by atoms with Crippen molar-refractivity contribution in [2.24, 2.45) is 0 Å². The number of fused-ring (bicyclic) bond motifs is 1. The third-order valence-corrected chi connectivity index (χ3v) is 6.16. The zero-order chi connectivity index (χ0) is 22.6. The molecule has 2 aromatic rings. The summed E-state index contributed by atoms with van der Waals surface area (Å²) in [4.78, 5) is 0. The van der Waals surface area contributed by atoms with Crippen molar-refractivity contribution < 1.29 is 4.74 Å². The van der Waals surface area contributed by atoms with Crippen LogP contribution >= 0.6 is 0 Å². The molecule has 1 aliphatic rings. The van der Waals surface area contributed by atoms with Gasteiger partial charge in [-0.2, -0.15) is 0 Å². The van der Waals surface area contributed by atoms with Crippen LogP contribution in [-0.4, -0.2) is 12.2 Å². The molecule has 0 N–H and O–H groups in total. The first kappa shape index (κ1) is 23.8. The maximum absolute atomic E-state index is 5.85. The van der Waals surface area contributed by atoms with Crippen LogP contribution in [0.2, 0.25) is 0 Å². The Balaban J connectivity index is 1.67. The van der Waals surface area contributed by atoms with E-state index in [4.69, 9.17) is 4.74 Å². The standard InChI is InChI=1S/C30H41O/c1-22-21-24-13-12-15-27(23-16-18-25(19-17-23)29(2,3)4)28(24)26(22)14-10-8-9-11-20-31-30(5,6)7/h12-13,15-19,21H,8-11,14,20H2,1-7H3. The Labute approximate surface area is 190 Å². The van der Waals surface area contributed by atoms with E-state index >= 15 is 0 Å². The van der Waals surface area contributed by atoms with Gasteiger partial charge in [0.25, 0.3) is 0 Å². The van der Waals surface area contributed by atoms with Gasteiger partial charge in [0.2, 0.25) is 0 Å². The van der Waals surface area contributed by atoms with Crippen molar-refractivity contribution in [3.63, 3.8) is 0 Å². The summed E-state index contributed by atoms with van der Waals surface area (Å²) in [7, 11) is 0. The zero-order valence-electron chi connectivity index (χ0n) is 20.8. The predicted octanol–water partition coefficient (Wildman–Crippen LogP) is 8.76. The highest BCUT2D eigenvalue weighted by atomic mass is 16.5. The Hall–Kier alpha value is -1.86. The van der Waals surface area contributed by atoms with E-state index < -0.39 is 0 Å². The van der Waals surface area contributed by atoms with Crippen molar-refractivity contribution in [2.45, 2.75) is 91.6 Å². The molecule has 0 bridgehead atoms. The Morgan fingerprint density at radius 3 is 2.10 bits per heavy atom. The fourth-order valence-corrected chi connectivity index (χ4v) is 4.39. The molecule has 0 aliphatic heterocycles. The second-order valence-corrected chi connectivity index (χ2v) is 11.0. The summed E-state index contributed by atoms with van der Waals surface area (Å²) in [6, 6.07) is 16.0. The molecule has 0 unspecified atom stereocenters. The average Bonchev–Trinajstić information content (AvgIpc) is 3.01. The molecule has 0 saturated carbocycles. The summed E-state index contributed by atoms with van der Waals surface area (Å²) in [6.07, 6.45) is 8.44. The molecule has 0 amide bonds. The molecule has 1 radical (unpaired) electrons. The van der Waals surface area contributed by atoms with Crippen LogP contribution in [0.3, 0.4) is 0 Å². The van der Waals surface area contributed by atoms with Crippen LogP contribution < -0.4 is 0 Å². The van der Waals surface area contributed by atoms with E-state index in [1.807, 2.05) is 0 Å². The molecule has 3 rings (SSSR count). The minimum absolute atomic E-state index is 0.0210. The lowest BCUT2D eigenvalue weighted by atomic mass is 9.85. The molecule has 0 heterocycles. The Morgan fingerprint density at radius 2 is 1.45 bits per heavy atom. The summed E-state index contributed by atoms with van der Waals surface area (Å²) in [5.74, 6) is 0. The molecule has 0 saturated heterocycles. The molecular formula is C30H41O. The smallest absolute Gasteiger partial charge is 0.0598 e. The van der Waals surface area contributed by atoms with E-state index in [9.17, 15) is 0 Å². The van der Waals surface area contributed by atoms with Gasteiger partial charge in [-0.1, -0.05) is 81.7 Å². The third-order valence-electron chi connectivity index (χ3n) is 6.16. The second-order valence-electron chi connectivity index (χ2n) is 11.0. The first-order valence-corrected chi connectivity index (χ1v) is 12.0. The average molecular weight is 418 g/mol. The Morgan fingerprint density at radius 1 is 0.774 bits per heavy atom. The van der Waals surface area contributed by atoms with Gasteiger partial charge in [-0.25, -0.2) is 0 Å². The highest BCUT2D eigenvalue weighted by Gasteiger charge is 2.23. The minimum Gasteiger partial charge on any atom is -0.376 e. The largest absolute Gasteiger partial charge is 0.376 e. The summed E-state index contributed by atoms with van der Waals surface area (Å²) in [6.45, 7) is 16.4. The summed E-state index contributed by atoms with van der Waals surface area (Å²) in [5.41, 5.74) is 10.1. The van der Waals surface area contributed by atoms with Gasteiger partial charge in [0.1, 0.15) is 0 Å². The fraction of sp³-hybridized carbons (Fsp3) is 0.500. The maximum Gasteiger partial charge on any atom is 0.0598 e. The minimum atomic E-state index is -0.0210. The number of benzene rings is 2. The van der Waals surface area contributed by atoms with Crippen LogP contribution in [0, 0.1) is 6.42 Å². The predicted molar refractivity (Wildman–Crippen MR) is 135 cm³/mol. The van der Waals surface area contributed by atoms with Crippen molar-refractivity contribution in [3.8, 4) is 11.1 Å². The molecule has 0 aromatic heterocycles. The van der Waals surface area contributed by atoms with Gasteiger partial charge < -0.3 is 4.74 Å². The third kappa shape index (κ3) is 6.32. The zero-order valence-corrected chi connectivity index (χ0v) is 20.8. The van der Waals surface area contributed by atoms with Crippen LogP contribution in [0.1, 0.15) is 97.3 Å². The van der Waals surface area contributed by atoms with Crippen LogP contribution in [-0.2, 0) is 10.2 Å². The summed E-state index contributed by atoms with van der Waals surface area (Å²) >= 11 is 0. The molecule has 1 aliphatic carbocycles. The monoisotopic (exact) mass is 417 g/mol. The van der Waals surface area contributed by atoms with E-state index in [0.29, 0.717) is 0 Å². The number of allylic oxidation sites excluding steroid dienone is 2. The fourth-order valence-electron chi connectivity index (χ4n) is 4.39. The summed E-state index contributed by atoms with van der Waals surface area (Å²) < 4.78 is 5.85. The van der Waals surface area contributed by atoms with Gasteiger partial charge in [-0.3, -0.25) is 0 Å². The molecule has 2 aromatic carbocycles. The highest BCUT2D eigenvalue weighted by molar-refractivity contribution is 5.90. The lowest BCUT2D eigenvalue weighted by molar-refractivity contribution is -0.00473. The van der Waals surface area contributed by atoms with E-state index in [1.165, 1.54) is 58.2 Å². The molecule has 31 heavy (non-hydrogen) atoms. The number of ether oxygens (including phenoxy) is 1. The van der Waals surface area contributed by atoms with Gasteiger partial charge in [-0.05, 0) is 85.8 Å². The van der Waals surface area contributed by atoms with Crippen molar-refractivity contribution in [2.75, 3.05) is 6.61 Å². The molecule has 1 nitrogen and oxygen atoms in total. The molecule has 0 spiro atoms. The van der Waals surface area contributed by atoms with Crippen LogP contribution in [0.15, 0.2) is 48.0 Å². The van der Waals surface area contributed by atoms with E-state index in [-0.39, 0.29) is 11.0 Å². The topological polar surface area (TPSA) is 9.23 Å². The molecular weight excluding hydrogens is 376 g/mol. The number of unbranched alkanes of at least 4 members (excludes halogenated alkanes) is 3. The van der Waals surface area contributed by atoms with E-state index in [2.05, 4.69) is 97.4 Å². The van der Waals surface area contributed by atoms with Gasteiger partial charge in [-0.15, -0.1) is 0 Å². The normalized spacial score (nSPS) is 14.3.